The zero-order chi connectivity index (χ0) is 23.6. The van der Waals surface area contributed by atoms with Gasteiger partial charge in [-0.05, 0) is 49.5 Å². The molecule has 0 spiro atoms. The van der Waals surface area contributed by atoms with E-state index in [1.807, 2.05) is 23.1 Å². The highest BCUT2D eigenvalue weighted by atomic mass is 19.1. The molecule has 1 aromatic carbocycles. The predicted molar refractivity (Wildman–Crippen MR) is 124 cm³/mol. The first-order valence-corrected chi connectivity index (χ1v) is 12.1. The Morgan fingerprint density at radius 2 is 1.74 bits per heavy atom. The Kier molecular flexibility index (Phi) is 5.05. The first-order chi connectivity index (χ1) is 16.4. The maximum Gasteiger partial charge on any atom is 0.415 e. The number of piperidine rings is 2. The number of imide groups is 1. The van der Waals surface area contributed by atoms with Crippen LogP contribution >= 0.6 is 0 Å². The van der Waals surface area contributed by atoms with Crippen molar-refractivity contribution in [2.24, 2.45) is 0 Å². The third-order valence-corrected chi connectivity index (χ3v) is 7.96. The van der Waals surface area contributed by atoms with Crippen molar-refractivity contribution in [1.82, 2.24) is 19.6 Å². The summed E-state index contributed by atoms with van der Waals surface area (Å²) in [4.78, 5) is 32.0. The molecular formula is C25H30FN5O3. The van der Waals surface area contributed by atoms with Gasteiger partial charge >= 0.3 is 6.09 Å². The van der Waals surface area contributed by atoms with Crippen LogP contribution in [0.3, 0.4) is 0 Å². The molecule has 7 rings (SSSR count). The van der Waals surface area contributed by atoms with E-state index in [-0.39, 0.29) is 25.2 Å². The van der Waals surface area contributed by atoms with Gasteiger partial charge in [0.1, 0.15) is 12.8 Å². The zero-order valence-electron chi connectivity index (χ0n) is 19.1. The molecule has 3 saturated heterocycles. The summed E-state index contributed by atoms with van der Waals surface area (Å²) in [5.41, 5.74) is 9.49. The van der Waals surface area contributed by atoms with Gasteiger partial charge in [-0.3, -0.25) is 9.69 Å². The third kappa shape index (κ3) is 3.62. The van der Waals surface area contributed by atoms with Crippen molar-refractivity contribution in [3.05, 3.63) is 52.9 Å². The number of carbonyl (C=O) groups excluding carboxylic acids is 1. The van der Waals surface area contributed by atoms with E-state index in [2.05, 4.69) is 21.9 Å². The number of rotatable bonds is 4. The number of amides is 2. The van der Waals surface area contributed by atoms with Crippen LogP contribution < -0.4 is 5.73 Å². The van der Waals surface area contributed by atoms with E-state index < -0.39 is 18.2 Å². The summed E-state index contributed by atoms with van der Waals surface area (Å²) in [5.74, 6) is -0.577. The number of piperazine rings is 1. The third-order valence-electron chi connectivity index (χ3n) is 7.96. The average Bonchev–Trinajstić information content (AvgIpc) is 3.66. The molecule has 3 unspecified atom stereocenters. The van der Waals surface area contributed by atoms with Crippen LogP contribution in [0.5, 0.6) is 0 Å². The molecule has 180 valence electrons. The minimum Gasteiger partial charge on any atom is -0.465 e. The molecule has 34 heavy (non-hydrogen) atoms. The van der Waals surface area contributed by atoms with Gasteiger partial charge in [0.05, 0.1) is 5.70 Å². The number of benzene rings is 1. The van der Waals surface area contributed by atoms with Gasteiger partial charge in [-0.1, -0.05) is 12.1 Å². The number of alkyl halides is 1. The Morgan fingerprint density at radius 3 is 2.38 bits per heavy atom. The molecule has 3 N–H and O–H groups in total. The topological polar surface area (TPSA) is 93.3 Å². The van der Waals surface area contributed by atoms with Crippen LogP contribution in [0, 0.1) is 0 Å². The Bertz CT molecular complexity index is 1080. The van der Waals surface area contributed by atoms with Crippen LogP contribution in [0.2, 0.25) is 0 Å². The van der Waals surface area contributed by atoms with Gasteiger partial charge in [0.2, 0.25) is 0 Å². The average molecular weight is 468 g/mol. The molecule has 1 saturated carbocycles. The molecule has 1 aromatic rings. The lowest BCUT2D eigenvalue weighted by molar-refractivity contribution is -0.128. The highest BCUT2D eigenvalue weighted by Gasteiger charge is 2.46. The number of allylic oxidation sites excluding steroid dienone is 2. The highest BCUT2D eigenvalue weighted by molar-refractivity contribution is 6.03. The summed E-state index contributed by atoms with van der Waals surface area (Å²) in [6.07, 6.45) is 3.26. The van der Waals surface area contributed by atoms with Gasteiger partial charge in [-0.25, -0.2) is 14.1 Å². The van der Waals surface area contributed by atoms with Gasteiger partial charge in [0, 0.05) is 61.1 Å². The molecule has 6 aliphatic rings. The summed E-state index contributed by atoms with van der Waals surface area (Å²) in [5, 5.41) is 9.48. The largest absolute Gasteiger partial charge is 0.465 e. The van der Waals surface area contributed by atoms with Gasteiger partial charge in [0.15, 0.2) is 0 Å². The molecule has 2 amide bonds. The lowest BCUT2D eigenvalue weighted by Crippen LogP contribution is -2.62. The van der Waals surface area contributed by atoms with E-state index in [1.165, 1.54) is 5.56 Å². The predicted octanol–water partition coefficient (Wildman–Crippen LogP) is 2.74. The lowest BCUT2D eigenvalue weighted by Gasteiger charge is -2.54. The summed E-state index contributed by atoms with van der Waals surface area (Å²) in [7, 11) is 0. The number of halogens is 1. The Labute approximate surface area is 198 Å². The minimum absolute atomic E-state index is 0.0276. The zero-order valence-corrected chi connectivity index (χ0v) is 19.1. The molecule has 2 aliphatic carbocycles. The number of carbonyl (C=O) groups is 2. The fourth-order valence-electron chi connectivity index (χ4n) is 6.01. The maximum atomic E-state index is 15.5. The number of nitrogens with zero attached hydrogens (tertiary/aromatic N) is 4. The van der Waals surface area contributed by atoms with Crippen LogP contribution in [0.1, 0.15) is 37.7 Å². The van der Waals surface area contributed by atoms with Gasteiger partial charge in [-0.2, -0.15) is 0 Å². The fraction of sp³-hybridized carbons (Fsp3) is 0.520. The SMILES string of the molecule is Nc1ccc(CN2CC3CCC2CN3C2=CC3=C(CC2F)C(=O)N(C(=O)O)CN3C2CC2)cc1. The Morgan fingerprint density at radius 1 is 1.03 bits per heavy atom. The Balaban J connectivity index is 1.25. The lowest BCUT2D eigenvalue weighted by atomic mass is 9.87. The number of anilines is 1. The number of fused-ring (bicyclic) bond motifs is 3. The minimum atomic E-state index is -1.30. The number of nitrogen functional groups attached to an aromatic ring is 1. The van der Waals surface area contributed by atoms with Gasteiger partial charge < -0.3 is 20.6 Å². The van der Waals surface area contributed by atoms with E-state index >= 15 is 4.39 Å². The number of hydrogen-bond acceptors (Lipinski definition) is 6. The monoisotopic (exact) mass is 467 g/mol. The van der Waals surface area contributed by atoms with E-state index in [4.69, 9.17) is 5.73 Å². The van der Waals surface area contributed by atoms with Crippen molar-refractivity contribution in [3.63, 3.8) is 0 Å². The second kappa shape index (κ2) is 8.01. The normalized spacial score (nSPS) is 29.4. The van der Waals surface area contributed by atoms with Crippen molar-refractivity contribution < 1.29 is 19.1 Å². The molecule has 4 fully saturated rings. The fourth-order valence-corrected chi connectivity index (χ4v) is 6.01. The number of carboxylic acid groups (broad SMARTS) is 1. The summed E-state index contributed by atoms with van der Waals surface area (Å²) in [6, 6.07) is 8.80. The molecule has 8 nitrogen and oxygen atoms in total. The first kappa shape index (κ1) is 21.5. The molecule has 4 heterocycles. The molecular weight excluding hydrogens is 437 g/mol. The van der Waals surface area contributed by atoms with Gasteiger partial charge in [0.25, 0.3) is 5.91 Å². The van der Waals surface area contributed by atoms with Crippen LogP contribution in [0.25, 0.3) is 0 Å². The van der Waals surface area contributed by atoms with Crippen LogP contribution in [0.15, 0.2) is 47.3 Å². The summed E-state index contributed by atoms with van der Waals surface area (Å²) in [6.45, 7) is 2.54. The van der Waals surface area contributed by atoms with Crippen molar-refractivity contribution >= 4 is 17.7 Å². The second-order valence-electron chi connectivity index (χ2n) is 10.2. The molecule has 9 heteroatoms. The van der Waals surface area contributed by atoms with Crippen LogP contribution in [0.4, 0.5) is 14.9 Å². The van der Waals surface area contributed by atoms with Crippen LogP contribution in [-0.2, 0) is 11.3 Å². The first-order valence-electron chi connectivity index (χ1n) is 12.1. The molecule has 0 radical (unpaired) electrons. The van der Waals surface area contributed by atoms with Crippen molar-refractivity contribution in [2.45, 2.75) is 62.9 Å². The summed E-state index contributed by atoms with van der Waals surface area (Å²) < 4.78 is 15.5. The second-order valence-corrected chi connectivity index (χ2v) is 10.2. The Hall–Kier alpha value is -3.07. The van der Waals surface area contributed by atoms with Crippen molar-refractivity contribution in [2.75, 3.05) is 25.5 Å². The molecule has 2 bridgehead atoms. The maximum absolute atomic E-state index is 15.5. The van der Waals surface area contributed by atoms with Crippen molar-refractivity contribution in [3.8, 4) is 0 Å². The highest BCUT2D eigenvalue weighted by Crippen LogP contribution is 2.42. The van der Waals surface area contributed by atoms with Crippen molar-refractivity contribution in [1.29, 1.82) is 0 Å². The number of nitrogens with two attached hydrogens (primary N) is 1. The van der Waals surface area contributed by atoms with Crippen LogP contribution in [-0.4, -0.2) is 80.8 Å². The molecule has 0 aromatic heterocycles. The van der Waals surface area contributed by atoms with E-state index in [1.54, 1.807) is 0 Å². The van der Waals surface area contributed by atoms with E-state index in [0.29, 0.717) is 17.3 Å². The summed E-state index contributed by atoms with van der Waals surface area (Å²) >= 11 is 0. The standard InChI is InChI=1S/C25H30FN5O3/c26-21-9-20-22(30(17-5-6-17)14-31(24(20)32)25(33)34)10-23(21)29-13-18-7-8-19(29)12-28(18)11-15-1-3-16(27)4-2-15/h1-4,10,17-19,21H,5-9,11-14,27H2,(H,33,34). The molecule has 4 aliphatic heterocycles. The van der Waals surface area contributed by atoms with E-state index in [9.17, 15) is 14.7 Å². The van der Waals surface area contributed by atoms with E-state index in [0.717, 1.165) is 61.6 Å². The number of hydrogen-bond donors (Lipinski definition) is 2. The van der Waals surface area contributed by atoms with Gasteiger partial charge in [-0.15, -0.1) is 0 Å². The molecule has 3 atom stereocenters. The smallest absolute Gasteiger partial charge is 0.415 e. The quantitative estimate of drug-likeness (QED) is 0.658.